The fourth-order valence-corrected chi connectivity index (χ4v) is 12.4. The van der Waals surface area contributed by atoms with Crippen molar-refractivity contribution in [3.8, 4) is 0 Å². The van der Waals surface area contributed by atoms with Gasteiger partial charge in [0.25, 0.3) is 0 Å². The molecule has 0 rings (SSSR count). The largest absolute Gasteiger partial charge is 0.472 e. The van der Waals surface area contributed by atoms with Crippen molar-refractivity contribution in [2.45, 2.75) is 375 Å². The van der Waals surface area contributed by atoms with Crippen molar-refractivity contribution in [2.24, 2.45) is 17.8 Å². The van der Waals surface area contributed by atoms with Crippen molar-refractivity contribution in [1.82, 2.24) is 0 Å². The van der Waals surface area contributed by atoms with Crippen LogP contribution < -0.4 is 0 Å². The lowest BCUT2D eigenvalue weighted by Crippen LogP contribution is -2.30. The molecule has 17 nitrogen and oxygen atoms in total. The van der Waals surface area contributed by atoms with Crippen molar-refractivity contribution in [2.75, 3.05) is 39.6 Å². The lowest BCUT2D eigenvalue weighted by Gasteiger charge is -2.21. The van der Waals surface area contributed by atoms with E-state index in [9.17, 15) is 43.2 Å². The third-order valence-electron chi connectivity index (χ3n) is 17.1. The van der Waals surface area contributed by atoms with Crippen molar-refractivity contribution in [3.63, 3.8) is 0 Å². The minimum atomic E-state index is -4.97. The predicted octanol–water partition coefficient (Wildman–Crippen LogP) is 21.3. The summed E-state index contributed by atoms with van der Waals surface area (Å²) in [6, 6.07) is 0. The van der Waals surface area contributed by atoms with Crippen LogP contribution in [0.25, 0.3) is 0 Å². The summed E-state index contributed by atoms with van der Waals surface area (Å²) in [6.07, 6.45) is 53.6. The summed E-state index contributed by atoms with van der Waals surface area (Å²) in [4.78, 5) is 72.7. The van der Waals surface area contributed by atoms with Crippen LogP contribution in [0.5, 0.6) is 0 Å². The second-order valence-electron chi connectivity index (χ2n) is 27.5. The Hall–Kier alpha value is -2.46. The highest BCUT2D eigenvalue weighted by molar-refractivity contribution is 7.47. The van der Waals surface area contributed by atoms with E-state index < -0.39 is 97.5 Å². The van der Waals surface area contributed by atoms with E-state index in [0.717, 1.165) is 115 Å². The van der Waals surface area contributed by atoms with Crippen LogP contribution in [0.3, 0.4) is 0 Å². The van der Waals surface area contributed by atoms with Gasteiger partial charge in [0, 0.05) is 25.7 Å². The molecule has 6 atom stereocenters. The molecule has 19 heteroatoms. The number of phosphoric acid groups is 2. The average Bonchev–Trinajstić information content (AvgIpc) is 3.44. The standard InChI is InChI=1S/C75H142O17P2/c1-8-10-11-12-13-14-15-16-17-22-25-28-36-44-51-58-74(79)91-70(62-85-72(77)56-49-42-35-27-24-21-19-18-20-23-26-34-41-48-55-68(7)9-2)64-89-93(81,82)87-60-69(76)61-88-94(83,84)90-65-71(63-86-73(78)57-50-43-38-31-33-40-47-54-67(5)6)92-75(80)59-52-45-37-30-29-32-39-46-53-66(3)4/h14-17,66-71,76H,8-13,18-65H2,1-7H3,(H,81,82)(H,83,84)/b15-14-,17-16-/t68?,69?,70-,71-/m1/s1. The van der Waals surface area contributed by atoms with Gasteiger partial charge in [0.15, 0.2) is 12.2 Å². The zero-order valence-electron chi connectivity index (χ0n) is 60.9. The summed E-state index contributed by atoms with van der Waals surface area (Å²) in [5.41, 5.74) is 0. The van der Waals surface area contributed by atoms with Gasteiger partial charge < -0.3 is 33.8 Å². The normalized spacial score (nSPS) is 14.6. The Morgan fingerprint density at radius 3 is 0.947 bits per heavy atom. The first-order valence-corrected chi connectivity index (χ1v) is 41.2. The molecule has 0 aromatic carbocycles. The Labute approximate surface area is 573 Å². The number of unbranched alkanes of at least 4 members (excludes halogenated alkanes) is 35. The Kier molecular flexibility index (Phi) is 63.5. The molecule has 0 aromatic heterocycles. The van der Waals surface area contributed by atoms with Gasteiger partial charge in [-0.2, -0.15) is 0 Å². The number of phosphoric ester groups is 2. The van der Waals surface area contributed by atoms with Crippen molar-refractivity contribution in [3.05, 3.63) is 24.3 Å². The number of carbonyl (C=O) groups excluding carboxylic acids is 4. The van der Waals surface area contributed by atoms with Gasteiger partial charge in [-0.15, -0.1) is 0 Å². The van der Waals surface area contributed by atoms with Gasteiger partial charge in [0.2, 0.25) is 0 Å². The zero-order valence-corrected chi connectivity index (χ0v) is 62.7. The van der Waals surface area contributed by atoms with Crippen LogP contribution in [-0.4, -0.2) is 96.7 Å². The molecular formula is C75H142O17P2. The summed E-state index contributed by atoms with van der Waals surface area (Å²) < 4.78 is 68.4. The highest BCUT2D eigenvalue weighted by Crippen LogP contribution is 2.45. The minimum Gasteiger partial charge on any atom is -0.462 e. The zero-order chi connectivity index (χ0) is 69.4. The number of aliphatic hydroxyl groups excluding tert-OH is 1. The molecule has 0 fully saturated rings. The second-order valence-corrected chi connectivity index (χ2v) is 30.5. The topological polar surface area (TPSA) is 237 Å². The first kappa shape index (κ1) is 91.5. The van der Waals surface area contributed by atoms with E-state index in [4.69, 9.17) is 37.0 Å². The van der Waals surface area contributed by atoms with E-state index in [1.165, 1.54) is 148 Å². The Morgan fingerprint density at radius 2 is 0.628 bits per heavy atom. The van der Waals surface area contributed by atoms with Crippen LogP contribution in [0.15, 0.2) is 24.3 Å². The molecule has 0 spiro atoms. The van der Waals surface area contributed by atoms with Crippen LogP contribution >= 0.6 is 15.6 Å². The predicted molar refractivity (Wildman–Crippen MR) is 381 cm³/mol. The van der Waals surface area contributed by atoms with E-state index in [1.54, 1.807) is 0 Å². The van der Waals surface area contributed by atoms with Crippen LogP contribution in [0.1, 0.15) is 357 Å². The SMILES string of the molecule is CCCCCC/C=C\C=C/CCCCCCCC(=O)O[C@H](COC(=O)CCCCCCCCCCCCCCCCC(C)CC)COP(=O)(O)OCC(O)COP(=O)(O)OC[C@@H](COC(=O)CCCCCCCCCC(C)C)OC(=O)CCCCCCCCCCC(C)C. The number of allylic oxidation sites excluding steroid dienone is 4. The molecule has 4 unspecified atom stereocenters. The van der Waals surface area contributed by atoms with Crippen molar-refractivity contribution in [1.29, 1.82) is 0 Å². The van der Waals surface area contributed by atoms with Gasteiger partial charge >= 0.3 is 39.5 Å². The highest BCUT2D eigenvalue weighted by atomic mass is 31.2. The van der Waals surface area contributed by atoms with Crippen molar-refractivity contribution >= 4 is 39.5 Å². The molecular weight excluding hydrogens is 1230 g/mol. The summed E-state index contributed by atoms with van der Waals surface area (Å²) in [6.45, 7) is 11.8. The minimum absolute atomic E-state index is 0.0848. The molecule has 554 valence electrons. The maximum atomic E-state index is 13.1. The Morgan fingerprint density at radius 1 is 0.351 bits per heavy atom. The molecule has 0 amide bonds. The van der Waals surface area contributed by atoms with E-state index in [1.807, 2.05) is 0 Å². The smallest absolute Gasteiger partial charge is 0.462 e. The van der Waals surface area contributed by atoms with Gasteiger partial charge in [-0.3, -0.25) is 37.3 Å². The van der Waals surface area contributed by atoms with E-state index in [-0.39, 0.29) is 25.7 Å². The van der Waals surface area contributed by atoms with E-state index in [0.29, 0.717) is 37.5 Å². The molecule has 0 aliphatic carbocycles. The lowest BCUT2D eigenvalue weighted by atomic mass is 9.99. The molecule has 0 saturated heterocycles. The van der Waals surface area contributed by atoms with Crippen LogP contribution in [-0.2, 0) is 65.4 Å². The van der Waals surface area contributed by atoms with E-state index in [2.05, 4.69) is 72.8 Å². The molecule has 0 heterocycles. The molecule has 0 aromatic rings. The second kappa shape index (κ2) is 65.2. The third kappa shape index (κ3) is 66.8. The third-order valence-corrected chi connectivity index (χ3v) is 19.0. The summed E-state index contributed by atoms with van der Waals surface area (Å²) in [7, 11) is -9.92. The fourth-order valence-electron chi connectivity index (χ4n) is 10.9. The quantitative estimate of drug-likeness (QED) is 0.0169. The fraction of sp³-hybridized carbons (Fsp3) is 0.893. The average molecular weight is 1380 g/mol. The van der Waals surface area contributed by atoms with Gasteiger partial charge in [-0.25, -0.2) is 9.13 Å². The Bertz CT molecular complexity index is 1930. The summed E-state index contributed by atoms with van der Waals surface area (Å²) in [5.74, 6) is 0.115. The van der Waals surface area contributed by atoms with Gasteiger partial charge in [0.1, 0.15) is 19.3 Å². The molecule has 3 N–H and O–H groups in total. The first-order chi connectivity index (χ1) is 45.3. The molecule has 0 aliphatic rings. The highest BCUT2D eigenvalue weighted by Gasteiger charge is 2.30. The van der Waals surface area contributed by atoms with Gasteiger partial charge in [0.05, 0.1) is 26.4 Å². The molecule has 0 bridgehead atoms. The molecule has 0 saturated carbocycles. The summed E-state index contributed by atoms with van der Waals surface area (Å²) >= 11 is 0. The number of aliphatic hydroxyl groups is 1. The van der Waals surface area contributed by atoms with Crippen LogP contribution in [0.2, 0.25) is 0 Å². The Balaban J connectivity index is 5.27. The monoisotopic (exact) mass is 1380 g/mol. The van der Waals surface area contributed by atoms with E-state index >= 15 is 0 Å². The maximum Gasteiger partial charge on any atom is 0.472 e. The number of esters is 4. The molecule has 0 radical (unpaired) electrons. The molecule has 0 aliphatic heterocycles. The van der Waals surface area contributed by atoms with Crippen LogP contribution in [0.4, 0.5) is 0 Å². The van der Waals surface area contributed by atoms with Crippen LogP contribution in [0, 0.1) is 17.8 Å². The number of rotatable bonds is 71. The summed E-state index contributed by atoms with van der Waals surface area (Å²) in [5, 5.41) is 10.6. The first-order valence-electron chi connectivity index (χ1n) is 38.2. The number of hydrogen-bond acceptors (Lipinski definition) is 15. The number of ether oxygens (including phenoxy) is 4. The number of carbonyl (C=O) groups is 4. The lowest BCUT2D eigenvalue weighted by molar-refractivity contribution is -0.161. The van der Waals surface area contributed by atoms with Crippen molar-refractivity contribution < 1.29 is 80.2 Å². The number of hydrogen-bond donors (Lipinski definition) is 3. The van der Waals surface area contributed by atoms with Gasteiger partial charge in [-0.05, 0) is 69.1 Å². The maximum absolute atomic E-state index is 13.1. The molecule has 94 heavy (non-hydrogen) atoms. The van der Waals surface area contributed by atoms with Gasteiger partial charge in [-0.1, -0.05) is 304 Å².